The molecule has 2 aromatic heterocycles. The minimum atomic E-state index is -0.718. The second-order valence-corrected chi connectivity index (χ2v) is 8.84. The number of allylic oxidation sites excluding steroid dienone is 2. The second-order valence-electron chi connectivity index (χ2n) is 8.84. The number of aromatic hydroxyl groups is 3. The van der Waals surface area contributed by atoms with Gasteiger partial charge in [-0.2, -0.15) is 0 Å². The summed E-state index contributed by atoms with van der Waals surface area (Å²) in [5.41, 5.74) is 1.31. The maximum atomic E-state index is 13.4. The molecule has 0 radical (unpaired) electrons. The number of aromatic nitrogens is 1. The van der Waals surface area contributed by atoms with Gasteiger partial charge in [0, 0.05) is 40.6 Å². The van der Waals surface area contributed by atoms with Gasteiger partial charge in [-0.05, 0) is 38.1 Å². The molecule has 5 rings (SSSR count). The van der Waals surface area contributed by atoms with Crippen molar-refractivity contribution in [3.05, 3.63) is 92.0 Å². The third-order valence-corrected chi connectivity index (χ3v) is 6.21. The van der Waals surface area contributed by atoms with Crippen molar-refractivity contribution in [2.24, 2.45) is 0 Å². The number of hydrogen-bond acceptors (Lipinski definition) is 7. The molecule has 1 atom stereocenters. The minimum Gasteiger partial charge on any atom is -0.507 e. The molecule has 8 heteroatoms. The highest BCUT2D eigenvalue weighted by atomic mass is 16.5. The largest absolute Gasteiger partial charge is 0.507 e. The van der Waals surface area contributed by atoms with E-state index in [9.17, 15) is 24.9 Å². The van der Waals surface area contributed by atoms with E-state index in [1.54, 1.807) is 30.3 Å². The number of H-pyrrole nitrogens is 1. The van der Waals surface area contributed by atoms with E-state index in [1.807, 2.05) is 19.9 Å². The van der Waals surface area contributed by atoms with Crippen LogP contribution in [0.25, 0.3) is 32.8 Å². The Morgan fingerprint density at radius 2 is 1.81 bits per heavy atom. The molecule has 0 aliphatic heterocycles. The maximum Gasteiger partial charge on any atom is 0.336 e. The minimum absolute atomic E-state index is 0.0150. The summed E-state index contributed by atoms with van der Waals surface area (Å²) >= 11 is 0. The molecular formula is C28H23NO7. The van der Waals surface area contributed by atoms with Gasteiger partial charge in [-0.1, -0.05) is 17.7 Å². The fraction of sp³-hybridized carbons (Fsp3) is 0.143. The van der Waals surface area contributed by atoms with Gasteiger partial charge in [0.1, 0.15) is 28.6 Å². The van der Waals surface area contributed by atoms with E-state index in [1.165, 1.54) is 25.3 Å². The number of methoxy groups -OCH3 is 1. The number of para-hydroxylation sites is 1. The molecule has 0 spiro atoms. The van der Waals surface area contributed by atoms with Gasteiger partial charge in [0.25, 0.3) is 0 Å². The molecule has 0 fully saturated rings. The first-order valence-corrected chi connectivity index (χ1v) is 11.2. The van der Waals surface area contributed by atoms with Crippen molar-refractivity contribution < 1.29 is 24.5 Å². The van der Waals surface area contributed by atoms with Crippen molar-refractivity contribution in [2.45, 2.75) is 19.8 Å². The van der Waals surface area contributed by atoms with Crippen LogP contribution in [0.2, 0.25) is 0 Å². The van der Waals surface area contributed by atoms with Crippen LogP contribution in [0, 0.1) is 0 Å². The lowest BCUT2D eigenvalue weighted by molar-refractivity contribution is 0.406. The van der Waals surface area contributed by atoms with Crippen molar-refractivity contribution in [2.75, 3.05) is 7.11 Å². The summed E-state index contributed by atoms with van der Waals surface area (Å²) in [5.74, 6) is -1.11. The fourth-order valence-electron chi connectivity index (χ4n) is 4.63. The van der Waals surface area contributed by atoms with E-state index < -0.39 is 17.0 Å². The van der Waals surface area contributed by atoms with Crippen molar-refractivity contribution >= 4 is 32.8 Å². The van der Waals surface area contributed by atoms with E-state index in [0.717, 1.165) is 5.57 Å². The van der Waals surface area contributed by atoms with Gasteiger partial charge in [0.05, 0.1) is 28.9 Å². The van der Waals surface area contributed by atoms with E-state index in [0.29, 0.717) is 22.3 Å². The molecule has 0 saturated heterocycles. The van der Waals surface area contributed by atoms with Crippen molar-refractivity contribution in [3.63, 3.8) is 0 Å². The molecule has 8 nitrogen and oxygen atoms in total. The first-order valence-electron chi connectivity index (χ1n) is 11.2. The zero-order valence-electron chi connectivity index (χ0n) is 19.7. The number of phenols is 3. The summed E-state index contributed by atoms with van der Waals surface area (Å²) in [7, 11) is 1.47. The zero-order valence-corrected chi connectivity index (χ0v) is 19.7. The van der Waals surface area contributed by atoms with E-state index in [-0.39, 0.29) is 44.6 Å². The highest BCUT2D eigenvalue weighted by Crippen LogP contribution is 2.46. The molecule has 1 unspecified atom stereocenters. The summed E-state index contributed by atoms with van der Waals surface area (Å²) in [6, 6.07) is 12.2. The van der Waals surface area contributed by atoms with Crippen LogP contribution >= 0.6 is 0 Å². The first-order chi connectivity index (χ1) is 17.2. The number of aromatic amines is 1. The van der Waals surface area contributed by atoms with Gasteiger partial charge in [-0.25, -0.2) is 4.79 Å². The molecule has 0 saturated carbocycles. The van der Waals surface area contributed by atoms with Gasteiger partial charge in [0.2, 0.25) is 5.43 Å². The number of pyridine rings is 1. The summed E-state index contributed by atoms with van der Waals surface area (Å²) in [5, 5.41) is 33.5. The molecule has 0 amide bonds. The molecule has 0 aliphatic rings. The highest BCUT2D eigenvalue weighted by Gasteiger charge is 2.27. The number of nitrogens with one attached hydrogen (secondary N) is 1. The normalized spacial score (nSPS) is 12.2. The summed E-state index contributed by atoms with van der Waals surface area (Å²) < 4.78 is 10.9. The maximum absolute atomic E-state index is 13.4. The lowest BCUT2D eigenvalue weighted by atomic mass is 9.86. The molecule has 4 N–H and O–H groups in total. The van der Waals surface area contributed by atoms with Crippen LogP contribution in [0.5, 0.6) is 23.0 Å². The Morgan fingerprint density at radius 3 is 2.53 bits per heavy atom. The van der Waals surface area contributed by atoms with Gasteiger partial charge in [-0.15, -0.1) is 0 Å². The highest BCUT2D eigenvalue weighted by molar-refractivity contribution is 5.99. The van der Waals surface area contributed by atoms with Gasteiger partial charge in [0.15, 0.2) is 0 Å². The van der Waals surface area contributed by atoms with E-state index in [4.69, 9.17) is 9.15 Å². The van der Waals surface area contributed by atoms with E-state index >= 15 is 0 Å². The zero-order chi connectivity index (χ0) is 25.7. The monoisotopic (exact) mass is 485 g/mol. The van der Waals surface area contributed by atoms with Crippen molar-refractivity contribution in [3.8, 4) is 23.0 Å². The Hall–Kier alpha value is -4.72. The van der Waals surface area contributed by atoms with Crippen LogP contribution in [0.3, 0.4) is 0 Å². The number of ether oxygens (including phenoxy) is 1. The smallest absolute Gasteiger partial charge is 0.336 e. The topological polar surface area (TPSA) is 133 Å². The van der Waals surface area contributed by atoms with Crippen molar-refractivity contribution in [1.29, 1.82) is 0 Å². The quantitative estimate of drug-likeness (QED) is 0.160. The molecule has 182 valence electrons. The van der Waals surface area contributed by atoms with Crippen LogP contribution in [-0.2, 0) is 0 Å². The third kappa shape index (κ3) is 3.63. The Balaban J connectivity index is 1.87. The van der Waals surface area contributed by atoms with Crippen LogP contribution in [0.15, 0.2) is 74.2 Å². The van der Waals surface area contributed by atoms with Crippen molar-refractivity contribution in [1.82, 2.24) is 4.98 Å². The molecule has 0 aliphatic carbocycles. The Morgan fingerprint density at radius 1 is 1.03 bits per heavy atom. The fourth-order valence-corrected chi connectivity index (χ4v) is 4.63. The molecule has 0 bridgehead atoms. The Bertz CT molecular complexity index is 1820. The SMILES string of the molecule is COc1cc2oc(=O)ccc2cc1C(C=C(C)C)c1c(O)cc2[nH]c3c(O)cccc3c(=O)c2c1O. The van der Waals surface area contributed by atoms with Crippen LogP contribution in [0.1, 0.15) is 30.9 Å². The molecule has 5 aromatic rings. The summed E-state index contributed by atoms with van der Waals surface area (Å²) in [4.78, 5) is 28.0. The molecular weight excluding hydrogens is 462 g/mol. The first kappa shape index (κ1) is 23.0. The number of fused-ring (bicyclic) bond motifs is 3. The lowest BCUT2D eigenvalue weighted by Crippen LogP contribution is -2.08. The third-order valence-electron chi connectivity index (χ3n) is 6.21. The van der Waals surface area contributed by atoms with Gasteiger partial charge in [-0.3, -0.25) is 4.79 Å². The number of phenolic OH excluding ortho intramolecular Hbond substituents is 3. The average molecular weight is 485 g/mol. The second kappa shape index (κ2) is 8.49. The lowest BCUT2D eigenvalue weighted by Gasteiger charge is -2.21. The van der Waals surface area contributed by atoms with Crippen LogP contribution in [-0.4, -0.2) is 27.4 Å². The Kier molecular flexibility index (Phi) is 5.44. The predicted octanol–water partition coefficient (Wildman–Crippen LogP) is 5.01. The summed E-state index contributed by atoms with van der Waals surface area (Å²) in [6.07, 6.45) is 1.84. The van der Waals surface area contributed by atoms with Gasteiger partial charge < -0.3 is 29.5 Å². The summed E-state index contributed by atoms with van der Waals surface area (Å²) in [6.45, 7) is 3.75. The Labute approximate surface area is 204 Å². The molecule has 2 heterocycles. The number of benzene rings is 3. The molecule has 36 heavy (non-hydrogen) atoms. The standard InChI is InChI=1S/C28H23NO7/c1-13(2)9-17(16-10-14-7-8-23(32)36-21(14)12-22(16)35-3)24-20(31)11-18-25(28(24)34)27(33)15-5-4-6-19(30)26(15)29-18/h4-12,17,30-31,34H,1-3H3,(H,29,33). The van der Waals surface area contributed by atoms with Gasteiger partial charge >= 0.3 is 5.63 Å². The number of rotatable bonds is 4. The predicted molar refractivity (Wildman–Crippen MR) is 137 cm³/mol. The van der Waals surface area contributed by atoms with Crippen LogP contribution < -0.4 is 15.8 Å². The van der Waals surface area contributed by atoms with E-state index in [2.05, 4.69) is 4.98 Å². The number of hydrogen-bond donors (Lipinski definition) is 4. The molecule has 3 aromatic carbocycles. The van der Waals surface area contributed by atoms with Crippen LogP contribution in [0.4, 0.5) is 0 Å². The average Bonchev–Trinajstić information content (AvgIpc) is 2.82.